The zero-order valence-corrected chi connectivity index (χ0v) is 23.7. The Balaban J connectivity index is 1.58. The molecule has 0 aromatic heterocycles. The van der Waals surface area contributed by atoms with E-state index in [2.05, 4.69) is 50.4 Å². The summed E-state index contributed by atoms with van der Waals surface area (Å²) >= 11 is 0. The normalized spacial score (nSPS) is 15.4. The van der Waals surface area contributed by atoms with Gasteiger partial charge in [0.05, 0.1) is 32.5 Å². The summed E-state index contributed by atoms with van der Waals surface area (Å²) in [7, 11) is 1.61. The quantitative estimate of drug-likeness (QED) is 0.232. The van der Waals surface area contributed by atoms with E-state index in [-0.39, 0.29) is 18.2 Å². The summed E-state index contributed by atoms with van der Waals surface area (Å²) in [5.41, 5.74) is 4.56. The summed E-state index contributed by atoms with van der Waals surface area (Å²) in [6.45, 7) is 9.29. The third-order valence-electron chi connectivity index (χ3n) is 7.13. The molecule has 0 saturated carbocycles. The predicted octanol–water partition coefficient (Wildman–Crippen LogP) is 5.66. The molecule has 6 heteroatoms. The number of methoxy groups -OCH3 is 1. The van der Waals surface area contributed by atoms with Crippen molar-refractivity contribution < 1.29 is 24.1 Å². The molecule has 0 bridgehead atoms. The number of aliphatic hydroxyl groups excluding tert-OH is 1. The van der Waals surface area contributed by atoms with Crippen molar-refractivity contribution in [3.63, 3.8) is 0 Å². The first kappa shape index (κ1) is 29.9. The van der Waals surface area contributed by atoms with Gasteiger partial charge >= 0.3 is 5.97 Å². The minimum atomic E-state index is -0.640. The highest BCUT2D eigenvalue weighted by molar-refractivity contribution is 5.88. The molecule has 3 rings (SSSR count). The molecule has 0 radical (unpaired) electrons. The van der Waals surface area contributed by atoms with Crippen LogP contribution in [0.4, 0.5) is 0 Å². The molecule has 1 aliphatic carbocycles. The van der Waals surface area contributed by atoms with Crippen LogP contribution in [-0.2, 0) is 27.1 Å². The molecule has 1 aliphatic rings. The lowest BCUT2D eigenvalue weighted by atomic mass is 9.88. The molecule has 2 aromatic carbocycles. The largest absolute Gasteiger partial charge is 0.496 e. The maximum absolute atomic E-state index is 11.9. The van der Waals surface area contributed by atoms with Crippen molar-refractivity contribution in [3.05, 3.63) is 70.8 Å². The topological polar surface area (TPSA) is 77.0 Å². The Bertz CT molecular complexity index is 1040. The van der Waals surface area contributed by atoms with Crippen molar-refractivity contribution in [2.45, 2.75) is 77.5 Å². The van der Waals surface area contributed by atoms with Crippen LogP contribution in [0.3, 0.4) is 0 Å². The summed E-state index contributed by atoms with van der Waals surface area (Å²) < 4.78 is 16.9. The molecular weight excluding hydrogens is 478 g/mol. The molecule has 38 heavy (non-hydrogen) atoms. The molecule has 0 unspecified atom stereocenters. The van der Waals surface area contributed by atoms with Gasteiger partial charge in [0.2, 0.25) is 0 Å². The van der Waals surface area contributed by atoms with E-state index in [1.807, 2.05) is 18.2 Å². The molecule has 0 aliphatic heterocycles. The van der Waals surface area contributed by atoms with Crippen molar-refractivity contribution in [1.82, 2.24) is 5.32 Å². The molecule has 2 atom stereocenters. The van der Waals surface area contributed by atoms with Gasteiger partial charge in [-0.25, -0.2) is 4.79 Å². The number of β-amino-alcohol motifs (C(OH)–C–C–N with tert-alkyl or cyclic N) is 1. The third kappa shape index (κ3) is 8.69. The van der Waals surface area contributed by atoms with Gasteiger partial charge < -0.3 is 24.6 Å². The first-order valence-electron chi connectivity index (χ1n) is 13.9. The van der Waals surface area contributed by atoms with E-state index >= 15 is 0 Å². The van der Waals surface area contributed by atoms with Crippen LogP contribution in [0, 0.1) is 5.92 Å². The Kier molecular flexibility index (Phi) is 11.4. The molecule has 2 N–H and O–H groups in total. The van der Waals surface area contributed by atoms with Gasteiger partial charge in [-0.1, -0.05) is 49.7 Å². The fraction of sp³-hybridized carbons (Fsp3) is 0.531. The van der Waals surface area contributed by atoms with Crippen LogP contribution in [0.25, 0.3) is 6.08 Å². The monoisotopic (exact) mass is 523 g/mol. The highest BCUT2D eigenvalue weighted by Crippen LogP contribution is 2.34. The fourth-order valence-electron chi connectivity index (χ4n) is 5.40. The van der Waals surface area contributed by atoms with E-state index in [4.69, 9.17) is 14.2 Å². The van der Waals surface area contributed by atoms with Gasteiger partial charge in [-0.15, -0.1) is 0 Å². The Hall–Kier alpha value is -2.67. The lowest BCUT2D eigenvalue weighted by Gasteiger charge is -2.31. The zero-order chi connectivity index (χ0) is 27.5. The summed E-state index contributed by atoms with van der Waals surface area (Å²) in [5, 5.41) is 14.4. The maximum Gasteiger partial charge on any atom is 0.330 e. The first-order chi connectivity index (χ1) is 18.3. The second-order valence-corrected chi connectivity index (χ2v) is 10.8. The predicted molar refractivity (Wildman–Crippen MR) is 152 cm³/mol. The number of esters is 1. The number of aliphatic hydroxyl groups is 1. The van der Waals surface area contributed by atoms with Gasteiger partial charge in [-0.05, 0) is 81.2 Å². The van der Waals surface area contributed by atoms with Crippen LogP contribution in [0.2, 0.25) is 0 Å². The fourth-order valence-corrected chi connectivity index (χ4v) is 5.40. The highest BCUT2D eigenvalue weighted by Gasteiger charge is 2.28. The van der Waals surface area contributed by atoms with Crippen LogP contribution < -0.4 is 10.1 Å². The van der Waals surface area contributed by atoms with Crippen molar-refractivity contribution in [2.24, 2.45) is 5.92 Å². The molecule has 208 valence electrons. The molecule has 0 spiro atoms. The maximum atomic E-state index is 11.9. The van der Waals surface area contributed by atoms with Crippen LogP contribution in [0.15, 0.2) is 48.5 Å². The van der Waals surface area contributed by atoms with Crippen molar-refractivity contribution >= 4 is 12.0 Å². The zero-order valence-electron chi connectivity index (χ0n) is 23.7. The van der Waals surface area contributed by atoms with Gasteiger partial charge in [0.1, 0.15) is 5.75 Å². The Labute approximate surface area is 228 Å². The van der Waals surface area contributed by atoms with Gasteiger partial charge in [0.25, 0.3) is 0 Å². The van der Waals surface area contributed by atoms with E-state index in [1.54, 1.807) is 20.1 Å². The number of benzene rings is 2. The molecule has 6 nitrogen and oxygen atoms in total. The van der Waals surface area contributed by atoms with E-state index < -0.39 is 12.1 Å². The van der Waals surface area contributed by atoms with Gasteiger partial charge in [0, 0.05) is 23.7 Å². The lowest BCUT2D eigenvalue weighted by Crippen LogP contribution is -2.45. The van der Waals surface area contributed by atoms with Crippen LogP contribution in [-0.4, -0.2) is 49.6 Å². The third-order valence-corrected chi connectivity index (χ3v) is 7.13. The first-order valence-corrected chi connectivity index (χ1v) is 13.9. The number of hydrogen-bond acceptors (Lipinski definition) is 6. The van der Waals surface area contributed by atoms with Crippen molar-refractivity contribution in [3.8, 4) is 5.75 Å². The minimum Gasteiger partial charge on any atom is -0.496 e. The summed E-state index contributed by atoms with van der Waals surface area (Å²) in [6, 6.07) is 14.5. The second kappa shape index (κ2) is 14.5. The molecule has 0 fully saturated rings. The molecule has 2 aromatic rings. The Morgan fingerprint density at radius 1 is 1.13 bits per heavy atom. The van der Waals surface area contributed by atoms with Gasteiger partial charge in [-0.2, -0.15) is 0 Å². The number of nitrogens with one attached hydrogen (secondary N) is 1. The highest BCUT2D eigenvalue weighted by atomic mass is 16.5. The smallest absolute Gasteiger partial charge is 0.330 e. The Morgan fingerprint density at radius 3 is 2.47 bits per heavy atom. The molecule has 0 heterocycles. The van der Waals surface area contributed by atoms with Gasteiger partial charge in [-0.3, -0.25) is 0 Å². The molecular formula is C32H45NO5. The number of hydrogen-bond donors (Lipinski definition) is 2. The SMILES string of the molecule is CCC[C@@H](OC[C@H](O)CNC(C)(C)CC1Cc2ccccc2C1)c1cccc(OC)c1/C=C/C(=O)OCC. The lowest BCUT2D eigenvalue weighted by molar-refractivity contribution is -0.137. The average Bonchev–Trinajstić information content (AvgIpc) is 3.30. The van der Waals surface area contributed by atoms with E-state index in [1.165, 1.54) is 17.2 Å². The summed E-state index contributed by atoms with van der Waals surface area (Å²) in [4.78, 5) is 11.9. The standard InChI is InChI=1S/C32H45NO5/c1-6-11-30(27-14-10-15-29(36-5)28(27)16-17-31(35)37-7-2)38-22-26(34)21-33-32(3,4)20-23-18-24-12-8-9-13-25(24)19-23/h8-10,12-17,23,26,30,33-34H,6-7,11,18-22H2,1-5H3/b17-16+/t26-,30-/m1/s1. The number of carbonyl (C=O) groups excluding carboxylic acids is 1. The van der Waals surface area contributed by atoms with Crippen LogP contribution in [0.1, 0.15) is 75.3 Å². The van der Waals surface area contributed by atoms with E-state index in [0.717, 1.165) is 43.2 Å². The van der Waals surface area contributed by atoms with Crippen molar-refractivity contribution in [2.75, 3.05) is 26.9 Å². The Morgan fingerprint density at radius 2 is 1.84 bits per heavy atom. The number of ether oxygens (including phenoxy) is 3. The van der Waals surface area contributed by atoms with E-state index in [0.29, 0.717) is 24.8 Å². The van der Waals surface area contributed by atoms with Crippen LogP contribution >= 0.6 is 0 Å². The number of carbonyl (C=O) groups is 1. The molecule has 0 saturated heterocycles. The van der Waals surface area contributed by atoms with Crippen LogP contribution in [0.5, 0.6) is 5.75 Å². The van der Waals surface area contributed by atoms with Gasteiger partial charge in [0.15, 0.2) is 0 Å². The number of fused-ring (bicyclic) bond motifs is 1. The van der Waals surface area contributed by atoms with Crippen molar-refractivity contribution in [1.29, 1.82) is 0 Å². The average molecular weight is 524 g/mol. The minimum absolute atomic E-state index is 0.0889. The summed E-state index contributed by atoms with van der Waals surface area (Å²) in [5.74, 6) is 0.875. The second-order valence-electron chi connectivity index (χ2n) is 10.8. The summed E-state index contributed by atoms with van der Waals surface area (Å²) in [6.07, 6.45) is 7.24. The molecule has 0 amide bonds. The van der Waals surface area contributed by atoms with E-state index in [9.17, 15) is 9.90 Å². The number of rotatable bonds is 15.